The summed E-state index contributed by atoms with van der Waals surface area (Å²) in [5.74, 6) is 0. The third-order valence-corrected chi connectivity index (χ3v) is 4.68. The topological polar surface area (TPSA) is 72.2 Å². The Bertz CT molecular complexity index is 719. The summed E-state index contributed by atoms with van der Waals surface area (Å²) in [6.07, 6.45) is 0. The van der Waals surface area contributed by atoms with E-state index in [1.165, 1.54) is 18.2 Å². The van der Waals surface area contributed by atoms with Crippen LogP contribution >= 0.6 is 27.5 Å². The summed E-state index contributed by atoms with van der Waals surface area (Å²) in [4.78, 5) is -0.0108. The first-order valence-corrected chi connectivity index (χ1v) is 7.87. The van der Waals surface area contributed by atoms with Crippen molar-refractivity contribution >= 4 is 48.9 Å². The molecule has 0 saturated heterocycles. The van der Waals surface area contributed by atoms with Gasteiger partial charge in [0.05, 0.1) is 5.02 Å². The van der Waals surface area contributed by atoms with Crippen molar-refractivity contribution in [1.29, 1.82) is 0 Å². The van der Waals surface area contributed by atoms with E-state index in [0.717, 1.165) is 4.47 Å². The largest absolute Gasteiger partial charge is 0.399 e. The minimum atomic E-state index is -3.74. The number of halogens is 2. The summed E-state index contributed by atoms with van der Waals surface area (Å²) in [7, 11) is -3.74. The lowest BCUT2D eigenvalue weighted by atomic mass is 10.3. The van der Waals surface area contributed by atoms with Gasteiger partial charge >= 0.3 is 0 Å². The second-order valence-electron chi connectivity index (χ2n) is 3.81. The Morgan fingerprint density at radius 1 is 1.16 bits per heavy atom. The van der Waals surface area contributed by atoms with Crippen LogP contribution in [0.15, 0.2) is 51.8 Å². The summed E-state index contributed by atoms with van der Waals surface area (Å²) in [6.45, 7) is 0. The van der Waals surface area contributed by atoms with E-state index in [1.54, 1.807) is 24.3 Å². The predicted octanol–water partition coefficient (Wildman–Crippen LogP) is 3.49. The molecule has 0 fully saturated rings. The van der Waals surface area contributed by atoms with Gasteiger partial charge in [0.2, 0.25) is 0 Å². The van der Waals surface area contributed by atoms with Crippen LogP contribution in [-0.2, 0) is 10.0 Å². The van der Waals surface area contributed by atoms with E-state index in [0.29, 0.717) is 11.4 Å². The van der Waals surface area contributed by atoms with Gasteiger partial charge in [-0.3, -0.25) is 4.72 Å². The summed E-state index contributed by atoms with van der Waals surface area (Å²) >= 11 is 9.18. The highest BCUT2D eigenvalue weighted by atomic mass is 79.9. The van der Waals surface area contributed by atoms with Crippen LogP contribution in [0, 0.1) is 0 Å². The fraction of sp³-hybridized carbons (Fsp3) is 0. The van der Waals surface area contributed by atoms with E-state index < -0.39 is 10.0 Å². The van der Waals surface area contributed by atoms with Gasteiger partial charge in [0.1, 0.15) is 4.90 Å². The van der Waals surface area contributed by atoms with Crippen molar-refractivity contribution in [1.82, 2.24) is 0 Å². The highest BCUT2D eigenvalue weighted by molar-refractivity contribution is 9.10. The molecular weight excluding hydrogens is 352 g/mol. The average molecular weight is 362 g/mol. The third-order valence-electron chi connectivity index (χ3n) is 2.32. The normalized spacial score (nSPS) is 11.3. The fourth-order valence-electron chi connectivity index (χ4n) is 1.50. The van der Waals surface area contributed by atoms with Gasteiger partial charge in [0.15, 0.2) is 0 Å². The van der Waals surface area contributed by atoms with E-state index in [9.17, 15) is 8.42 Å². The molecule has 100 valence electrons. The Morgan fingerprint density at radius 3 is 2.53 bits per heavy atom. The monoisotopic (exact) mass is 360 g/mol. The van der Waals surface area contributed by atoms with Crippen LogP contribution < -0.4 is 10.5 Å². The van der Waals surface area contributed by atoms with Crippen LogP contribution in [-0.4, -0.2) is 8.42 Å². The molecule has 0 atom stereocenters. The molecule has 2 aromatic rings. The fourth-order valence-corrected chi connectivity index (χ4v) is 3.50. The predicted molar refractivity (Wildman–Crippen MR) is 80.8 cm³/mol. The molecule has 19 heavy (non-hydrogen) atoms. The van der Waals surface area contributed by atoms with Crippen LogP contribution in [0.1, 0.15) is 0 Å². The zero-order chi connectivity index (χ0) is 14.0. The molecule has 0 aliphatic heterocycles. The van der Waals surface area contributed by atoms with Gasteiger partial charge in [-0.05, 0) is 36.4 Å². The summed E-state index contributed by atoms with van der Waals surface area (Å²) < 4.78 is 27.6. The summed E-state index contributed by atoms with van der Waals surface area (Å²) in [6, 6.07) is 11.1. The molecule has 0 saturated carbocycles. The van der Waals surface area contributed by atoms with E-state index in [4.69, 9.17) is 17.3 Å². The van der Waals surface area contributed by atoms with Crippen molar-refractivity contribution in [2.45, 2.75) is 4.90 Å². The molecule has 0 aliphatic carbocycles. The summed E-state index contributed by atoms with van der Waals surface area (Å²) in [5.41, 5.74) is 6.39. The molecule has 2 aromatic carbocycles. The number of nitrogen functional groups attached to an aromatic ring is 1. The van der Waals surface area contributed by atoms with Gasteiger partial charge in [-0.15, -0.1) is 0 Å². The molecule has 0 spiro atoms. The van der Waals surface area contributed by atoms with Crippen LogP contribution in [0.4, 0.5) is 11.4 Å². The van der Waals surface area contributed by atoms with Gasteiger partial charge in [0, 0.05) is 15.8 Å². The molecule has 0 aromatic heterocycles. The molecule has 0 aliphatic rings. The maximum absolute atomic E-state index is 12.2. The highest BCUT2D eigenvalue weighted by Gasteiger charge is 2.18. The first-order valence-electron chi connectivity index (χ1n) is 5.22. The van der Waals surface area contributed by atoms with Crippen molar-refractivity contribution < 1.29 is 8.42 Å². The summed E-state index contributed by atoms with van der Waals surface area (Å²) in [5, 5.41) is 0.0856. The molecule has 0 heterocycles. The van der Waals surface area contributed by atoms with E-state index in [1.807, 2.05) is 0 Å². The average Bonchev–Trinajstić information content (AvgIpc) is 2.27. The SMILES string of the molecule is Nc1ccc(S(=O)(=O)Nc2cccc(Br)c2)c(Cl)c1. The van der Waals surface area contributed by atoms with Gasteiger partial charge in [-0.2, -0.15) is 0 Å². The van der Waals surface area contributed by atoms with Gasteiger partial charge in [0.25, 0.3) is 10.0 Å². The zero-order valence-electron chi connectivity index (χ0n) is 9.60. The number of benzene rings is 2. The maximum atomic E-state index is 12.2. The number of anilines is 2. The molecule has 0 amide bonds. The number of nitrogens with one attached hydrogen (secondary N) is 1. The van der Waals surface area contributed by atoms with Crippen LogP contribution in [0.2, 0.25) is 5.02 Å². The first-order chi connectivity index (χ1) is 8.88. The Hall–Kier alpha value is -1.24. The number of hydrogen-bond donors (Lipinski definition) is 2. The number of nitrogens with two attached hydrogens (primary N) is 1. The Kier molecular flexibility index (Phi) is 4.03. The Morgan fingerprint density at radius 2 is 1.89 bits per heavy atom. The number of sulfonamides is 1. The quantitative estimate of drug-likeness (QED) is 0.822. The van der Waals surface area contributed by atoms with Crippen LogP contribution in [0.5, 0.6) is 0 Å². The van der Waals surface area contributed by atoms with Gasteiger partial charge in [-0.25, -0.2) is 8.42 Å². The van der Waals surface area contributed by atoms with E-state index >= 15 is 0 Å². The molecular formula is C12H10BrClN2O2S. The first kappa shape index (κ1) is 14.2. The van der Waals surface area contributed by atoms with Crippen molar-refractivity contribution in [3.05, 3.63) is 52.0 Å². The second-order valence-corrected chi connectivity index (χ2v) is 6.78. The minimum Gasteiger partial charge on any atom is -0.399 e. The molecule has 2 rings (SSSR count). The molecule has 3 N–H and O–H groups in total. The van der Waals surface area contributed by atoms with Crippen molar-refractivity contribution in [3.8, 4) is 0 Å². The minimum absolute atomic E-state index is 0.0108. The van der Waals surface area contributed by atoms with Gasteiger partial charge in [-0.1, -0.05) is 33.6 Å². The lowest BCUT2D eigenvalue weighted by molar-refractivity contribution is 0.601. The molecule has 0 unspecified atom stereocenters. The van der Waals surface area contributed by atoms with E-state index in [-0.39, 0.29) is 9.92 Å². The van der Waals surface area contributed by atoms with Crippen LogP contribution in [0.25, 0.3) is 0 Å². The Balaban J connectivity index is 2.38. The third kappa shape index (κ3) is 3.40. The standard InChI is InChI=1S/C12H10BrClN2O2S/c13-8-2-1-3-10(6-8)16-19(17,18)12-5-4-9(15)7-11(12)14/h1-7,16H,15H2. The molecule has 0 radical (unpaired) electrons. The highest BCUT2D eigenvalue weighted by Crippen LogP contribution is 2.26. The van der Waals surface area contributed by atoms with Gasteiger partial charge < -0.3 is 5.73 Å². The van der Waals surface area contributed by atoms with Crippen molar-refractivity contribution in [3.63, 3.8) is 0 Å². The molecule has 7 heteroatoms. The second kappa shape index (κ2) is 5.40. The zero-order valence-corrected chi connectivity index (χ0v) is 12.8. The Labute approximate surface area is 124 Å². The molecule has 4 nitrogen and oxygen atoms in total. The number of rotatable bonds is 3. The smallest absolute Gasteiger partial charge is 0.263 e. The van der Waals surface area contributed by atoms with Crippen molar-refractivity contribution in [2.24, 2.45) is 0 Å². The molecule has 0 bridgehead atoms. The van der Waals surface area contributed by atoms with Crippen molar-refractivity contribution in [2.75, 3.05) is 10.5 Å². The lowest BCUT2D eigenvalue weighted by Gasteiger charge is -2.10. The van der Waals surface area contributed by atoms with Crippen LogP contribution in [0.3, 0.4) is 0 Å². The maximum Gasteiger partial charge on any atom is 0.263 e. The lowest BCUT2D eigenvalue weighted by Crippen LogP contribution is -2.13. The number of hydrogen-bond acceptors (Lipinski definition) is 3. The van der Waals surface area contributed by atoms with E-state index in [2.05, 4.69) is 20.7 Å².